The van der Waals surface area contributed by atoms with Crippen LogP contribution in [0.15, 0.2) is 34.9 Å². The summed E-state index contributed by atoms with van der Waals surface area (Å²) in [4.78, 5) is 24.8. The molecule has 2 heterocycles. The Hall–Kier alpha value is -2.96. The van der Waals surface area contributed by atoms with E-state index in [0.717, 1.165) is 5.56 Å². The number of nitrogens with one attached hydrogen (secondary N) is 2. The second kappa shape index (κ2) is 7.46. The molecule has 2 aromatic rings. The molecule has 0 saturated carbocycles. The van der Waals surface area contributed by atoms with Crippen LogP contribution in [0.3, 0.4) is 0 Å². The summed E-state index contributed by atoms with van der Waals surface area (Å²) in [6, 6.07) is 6.77. The number of benzene rings is 1. The number of amides is 2. The van der Waals surface area contributed by atoms with Gasteiger partial charge in [0.25, 0.3) is 5.91 Å². The van der Waals surface area contributed by atoms with E-state index >= 15 is 0 Å². The minimum absolute atomic E-state index is 0.221. The first-order chi connectivity index (χ1) is 13.4. The number of anilines is 1. The third-order valence-electron chi connectivity index (χ3n) is 4.41. The van der Waals surface area contributed by atoms with E-state index in [4.69, 9.17) is 13.9 Å². The highest BCUT2D eigenvalue weighted by Gasteiger charge is 2.35. The molecule has 1 aromatic heterocycles. The quantitative estimate of drug-likeness (QED) is 0.759. The topological polar surface area (TPSA) is 89.8 Å². The molecule has 0 aliphatic carbocycles. The van der Waals surface area contributed by atoms with E-state index in [2.05, 4.69) is 10.6 Å². The fraction of sp³-hybridized carbons (Fsp3) is 0.455. The molecular formula is C22H28N2O5. The zero-order valence-corrected chi connectivity index (χ0v) is 17.7. The van der Waals surface area contributed by atoms with Crippen molar-refractivity contribution in [3.8, 4) is 5.75 Å². The molecule has 0 bridgehead atoms. The molecule has 2 amide bonds. The van der Waals surface area contributed by atoms with Crippen LogP contribution in [0.2, 0.25) is 0 Å². The van der Waals surface area contributed by atoms with Gasteiger partial charge in [0.05, 0.1) is 11.6 Å². The van der Waals surface area contributed by atoms with E-state index in [1.807, 2.05) is 13.8 Å². The van der Waals surface area contributed by atoms with Crippen LogP contribution < -0.4 is 15.4 Å². The lowest BCUT2D eigenvalue weighted by atomic mass is 9.89. The summed E-state index contributed by atoms with van der Waals surface area (Å²) in [5.74, 6) is 1.12. The predicted molar refractivity (Wildman–Crippen MR) is 109 cm³/mol. The van der Waals surface area contributed by atoms with Crippen LogP contribution in [0.25, 0.3) is 0 Å². The second-order valence-corrected chi connectivity index (χ2v) is 8.92. The number of furan rings is 1. The van der Waals surface area contributed by atoms with E-state index < -0.39 is 17.3 Å². The maximum Gasteiger partial charge on any atom is 0.412 e. The van der Waals surface area contributed by atoms with Crippen molar-refractivity contribution in [3.63, 3.8) is 0 Å². The Kier molecular flexibility index (Phi) is 5.34. The highest BCUT2D eigenvalue weighted by molar-refractivity contribution is 5.94. The minimum atomic E-state index is -0.593. The predicted octanol–water partition coefficient (Wildman–Crippen LogP) is 4.97. The van der Waals surface area contributed by atoms with Crippen molar-refractivity contribution in [1.82, 2.24) is 5.32 Å². The van der Waals surface area contributed by atoms with Crippen LogP contribution in [-0.4, -0.2) is 23.2 Å². The number of hydrogen-bond acceptors (Lipinski definition) is 5. The molecule has 0 spiro atoms. The Morgan fingerprint density at radius 1 is 1.21 bits per heavy atom. The average Bonchev–Trinajstić information content (AvgIpc) is 2.99. The van der Waals surface area contributed by atoms with Crippen LogP contribution in [0, 0.1) is 6.92 Å². The van der Waals surface area contributed by atoms with Crippen molar-refractivity contribution < 1.29 is 23.5 Å². The molecule has 1 aromatic carbocycles. The summed E-state index contributed by atoms with van der Waals surface area (Å²) in [7, 11) is 0. The van der Waals surface area contributed by atoms with Crippen LogP contribution in [0.5, 0.6) is 5.75 Å². The van der Waals surface area contributed by atoms with E-state index in [1.165, 1.54) is 6.26 Å². The minimum Gasteiger partial charge on any atom is -0.487 e. The summed E-state index contributed by atoms with van der Waals surface area (Å²) in [5, 5.41) is 5.79. The summed E-state index contributed by atoms with van der Waals surface area (Å²) >= 11 is 0. The molecule has 156 valence electrons. The fourth-order valence-corrected chi connectivity index (χ4v) is 3.29. The summed E-state index contributed by atoms with van der Waals surface area (Å²) in [6.07, 6.45) is 1.48. The number of hydrogen-bond donors (Lipinski definition) is 2. The van der Waals surface area contributed by atoms with Gasteiger partial charge in [0, 0.05) is 17.7 Å². The summed E-state index contributed by atoms with van der Waals surface area (Å²) in [6.45, 7) is 11.2. The molecule has 1 aliphatic heterocycles. The monoisotopic (exact) mass is 400 g/mol. The first-order valence-electron chi connectivity index (χ1n) is 9.61. The summed E-state index contributed by atoms with van der Waals surface area (Å²) < 4.78 is 16.6. The van der Waals surface area contributed by atoms with Crippen molar-refractivity contribution in [1.29, 1.82) is 0 Å². The van der Waals surface area contributed by atoms with Crippen LogP contribution >= 0.6 is 0 Å². The number of carbonyl (C=O) groups excluding carboxylic acids is 2. The first kappa shape index (κ1) is 20.8. The lowest BCUT2D eigenvalue weighted by molar-refractivity contribution is 0.0608. The lowest BCUT2D eigenvalue weighted by Crippen LogP contribution is -2.41. The van der Waals surface area contributed by atoms with Crippen molar-refractivity contribution in [3.05, 3.63) is 47.4 Å². The summed E-state index contributed by atoms with van der Waals surface area (Å²) in [5.41, 5.74) is 0.796. The molecule has 3 rings (SSSR count). The van der Waals surface area contributed by atoms with Crippen molar-refractivity contribution in [2.75, 3.05) is 5.32 Å². The maximum absolute atomic E-state index is 12.7. The Morgan fingerprint density at radius 2 is 1.93 bits per heavy atom. The fourth-order valence-electron chi connectivity index (χ4n) is 3.29. The highest BCUT2D eigenvalue weighted by Crippen LogP contribution is 2.41. The van der Waals surface area contributed by atoms with Gasteiger partial charge in [0.2, 0.25) is 0 Å². The molecule has 29 heavy (non-hydrogen) atoms. The van der Waals surface area contributed by atoms with E-state index in [9.17, 15) is 9.59 Å². The Bertz CT molecular complexity index is 924. The first-order valence-corrected chi connectivity index (χ1v) is 9.61. The Morgan fingerprint density at radius 3 is 2.55 bits per heavy atom. The molecule has 0 fully saturated rings. The molecule has 1 aliphatic rings. The van der Waals surface area contributed by atoms with Crippen molar-refractivity contribution in [2.45, 2.75) is 65.2 Å². The smallest absolute Gasteiger partial charge is 0.412 e. The average molecular weight is 400 g/mol. The van der Waals surface area contributed by atoms with Gasteiger partial charge in [-0.25, -0.2) is 4.79 Å². The van der Waals surface area contributed by atoms with E-state index in [-0.39, 0.29) is 11.9 Å². The van der Waals surface area contributed by atoms with Gasteiger partial charge in [-0.3, -0.25) is 10.1 Å². The molecule has 0 unspecified atom stereocenters. The largest absolute Gasteiger partial charge is 0.487 e. The number of carbonyl (C=O) groups is 2. The lowest BCUT2D eigenvalue weighted by Gasteiger charge is -2.38. The third kappa shape index (κ3) is 5.31. The standard InChI is InChI=1S/C22H28N2O5/c1-13-9-14(12-27-13)19(25)24-17-11-22(5,6)28-18-8-7-15(10-16(17)18)23-20(26)29-21(2,3)4/h7-10,12,17H,11H2,1-6H3,(H,23,26)(H,24,25)/t17-/m1/s1. The van der Waals surface area contributed by atoms with Crippen LogP contribution in [0.1, 0.15) is 68.8 Å². The van der Waals surface area contributed by atoms with Crippen LogP contribution in [-0.2, 0) is 4.74 Å². The molecular weight excluding hydrogens is 372 g/mol. The number of aryl methyl sites for hydroxylation is 1. The van der Waals surface area contributed by atoms with Gasteiger partial charge in [-0.05, 0) is 65.8 Å². The number of ether oxygens (including phenoxy) is 2. The van der Waals surface area contributed by atoms with E-state index in [0.29, 0.717) is 29.2 Å². The van der Waals surface area contributed by atoms with Gasteiger partial charge in [-0.2, -0.15) is 0 Å². The molecule has 1 atom stereocenters. The van der Waals surface area contributed by atoms with E-state index in [1.54, 1.807) is 52.0 Å². The number of fused-ring (bicyclic) bond motifs is 1. The van der Waals surface area contributed by atoms with Gasteiger partial charge in [-0.1, -0.05) is 0 Å². The Balaban J connectivity index is 1.83. The second-order valence-electron chi connectivity index (χ2n) is 8.92. The van der Waals surface area contributed by atoms with Crippen molar-refractivity contribution in [2.24, 2.45) is 0 Å². The van der Waals surface area contributed by atoms with Gasteiger partial charge in [0.1, 0.15) is 29.0 Å². The van der Waals surface area contributed by atoms with Gasteiger partial charge >= 0.3 is 6.09 Å². The molecule has 7 heteroatoms. The van der Waals surface area contributed by atoms with Crippen molar-refractivity contribution >= 4 is 17.7 Å². The zero-order chi connectivity index (χ0) is 21.4. The molecule has 0 radical (unpaired) electrons. The highest BCUT2D eigenvalue weighted by atomic mass is 16.6. The molecule has 2 N–H and O–H groups in total. The van der Waals surface area contributed by atoms with Gasteiger partial charge < -0.3 is 19.2 Å². The third-order valence-corrected chi connectivity index (χ3v) is 4.41. The molecule has 7 nitrogen and oxygen atoms in total. The SMILES string of the molecule is Cc1cc(C(=O)N[C@@H]2CC(C)(C)Oc3ccc(NC(=O)OC(C)(C)C)cc32)co1. The van der Waals surface area contributed by atoms with Gasteiger partial charge in [0.15, 0.2) is 0 Å². The Labute approximate surface area is 170 Å². The molecule has 0 saturated heterocycles. The zero-order valence-electron chi connectivity index (χ0n) is 17.7. The normalized spacial score (nSPS) is 17.7. The van der Waals surface area contributed by atoms with Gasteiger partial charge in [-0.15, -0.1) is 0 Å². The van der Waals surface area contributed by atoms with Crippen LogP contribution in [0.4, 0.5) is 10.5 Å². The number of rotatable bonds is 3. The maximum atomic E-state index is 12.7.